The maximum Gasteiger partial charge on any atom is 0.251 e. The van der Waals surface area contributed by atoms with Gasteiger partial charge in [-0.05, 0) is 47.7 Å². The van der Waals surface area contributed by atoms with Crippen LogP contribution in [0.4, 0.5) is 0 Å². The SMILES string of the molecule is CC(C)[C@@H](NC(=O)c1cccc(C=N)c1)C(=O)N1CC[C@](O)(c2ccc(Cl)cc2)C(C)(C)C1. The van der Waals surface area contributed by atoms with E-state index in [-0.39, 0.29) is 17.7 Å². The minimum absolute atomic E-state index is 0.118. The molecule has 7 heteroatoms. The summed E-state index contributed by atoms with van der Waals surface area (Å²) in [7, 11) is 0. The van der Waals surface area contributed by atoms with Gasteiger partial charge in [0.2, 0.25) is 5.91 Å². The molecule has 2 aromatic carbocycles. The second-order valence-electron chi connectivity index (χ2n) is 9.73. The summed E-state index contributed by atoms with van der Waals surface area (Å²) in [6.07, 6.45) is 1.56. The Labute approximate surface area is 200 Å². The highest BCUT2D eigenvalue weighted by Gasteiger charge is 2.50. The third-order valence-electron chi connectivity index (χ3n) is 6.62. The summed E-state index contributed by atoms with van der Waals surface area (Å²) in [5.41, 5.74) is 0.0974. The van der Waals surface area contributed by atoms with E-state index >= 15 is 0 Å². The van der Waals surface area contributed by atoms with E-state index in [9.17, 15) is 14.7 Å². The normalized spacial score (nSPS) is 20.9. The van der Waals surface area contributed by atoms with Gasteiger partial charge in [-0.25, -0.2) is 0 Å². The number of aliphatic hydroxyl groups is 1. The maximum atomic E-state index is 13.5. The van der Waals surface area contributed by atoms with Crippen LogP contribution in [0.2, 0.25) is 5.02 Å². The van der Waals surface area contributed by atoms with Gasteiger partial charge in [0.25, 0.3) is 5.91 Å². The maximum absolute atomic E-state index is 13.5. The lowest BCUT2D eigenvalue weighted by Gasteiger charge is -2.51. The number of likely N-dealkylation sites (tertiary alicyclic amines) is 1. The number of carbonyl (C=O) groups excluding carboxylic acids is 2. The minimum atomic E-state index is -1.10. The lowest BCUT2D eigenvalue weighted by Crippen LogP contribution is -2.60. The van der Waals surface area contributed by atoms with Crippen LogP contribution in [0.3, 0.4) is 0 Å². The van der Waals surface area contributed by atoms with Gasteiger partial charge >= 0.3 is 0 Å². The van der Waals surface area contributed by atoms with Crippen LogP contribution in [0.15, 0.2) is 48.5 Å². The van der Waals surface area contributed by atoms with E-state index in [1.807, 2.05) is 39.8 Å². The molecular formula is C26H32ClN3O3. The third kappa shape index (κ3) is 5.12. The quantitative estimate of drug-likeness (QED) is 0.552. The van der Waals surface area contributed by atoms with Crippen LogP contribution in [0, 0.1) is 16.7 Å². The van der Waals surface area contributed by atoms with Crippen LogP contribution in [-0.4, -0.2) is 47.2 Å². The van der Waals surface area contributed by atoms with Crippen molar-refractivity contribution < 1.29 is 14.7 Å². The number of benzene rings is 2. The van der Waals surface area contributed by atoms with E-state index < -0.39 is 17.1 Å². The topological polar surface area (TPSA) is 93.5 Å². The van der Waals surface area contributed by atoms with Gasteiger partial charge in [0.1, 0.15) is 6.04 Å². The average molecular weight is 470 g/mol. The van der Waals surface area contributed by atoms with Gasteiger partial charge in [-0.3, -0.25) is 9.59 Å². The number of nitrogens with zero attached hydrogens (tertiary/aromatic N) is 1. The highest BCUT2D eigenvalue weighted by Crippen LogP contribution is 2.46. The molecule has 0 spiro atoms. The van der Waals surface area contributed by atoms with Crippen molar-refractivity contribution in [2.45, 2.75) is 45.8 Å². The highest BCUT2D eigenvalue weighted by atomic mass is 35.5. The molecule has 3 rings (SSSR count). The number of piperidine rings is 1. The number of amides is 2. The number of rotatable bonds is 6. The van der Waals surface area contributed by atoms with Crippen molar-refractivity contribution in [3.05, 3.63) is 70.2 Å². The highest BCUT2D eigenvalue weighted by molar-refractivity contribution is 6.30. The summed E-state index contributed by atoms with van der Waals surface area (Å²) in [5.74, 6) is -0.625. The van der Waals surface area contributed by atoms with Gasteiger partial charge < -0.3 is 20.7 Å². The smallest absolute Gasteiger partial charge is 0.251 e. The molecule has 3 N–H and O–H groups in total. The van der Waals surface area contributed by atoms with Crippen molar-refractivity contribution >= 4 is 29.6 Å². The van der Waals surface area contributed by atoms with E-state index in [4.69, 9.17) is 17.0 Å². The van der Waals surface area contributed by atoms with Crippen molar-refractivity contribution in [3.8, 4) is 0 Å². The fourth-order valence-corrected chi connectivity index (χ4v) is 4.60. The summed E-state index contributed by atoms with van der Waals surface area (Å²) < 4.78 is 0. The Morgan fingerprint density at radius 1 is 1.18 bits per heavy atom. The second-order valence-corrected chi connectivity index (χ2v) is 10.2. The number of carbonyl (C=O) groups is 2. The molecule has 0 unspecified atom stereocenters. The molecule has 1 saturated heterocycles. The van der Waals surface area contributed by atoms with Gasteiger partial charge in [0, 0.05) is 35.3 Å². The van der Waals surface area contributed by atoms with Crippen molar-refractivity contribution in [2.24, 2.45) is 11.3 Å². The van der Waals surface area contributed by atoms with Gasteiger partial charge in [0.05, 0.1) is 5.60 Å². The lowest BCUT2D eigenvalue weighted by molar-refractivity contribution is -0.155. The summed E-state index contributed by atoms with van der Waals surface area (Å²) in [5, 5.41) is 22.5. The van der Waals surface area contributed by atoms with E-state index in [1.165, 1.54) is 6.21 Å². The average Bonchev–Trinajstić information content (AvgIpc) is 2.78. The monoisotopic (exact) mass is 469 g/mol. The Balaban J connectivity index is 1.77. The van der Waals surface area contributed by atoms with Crippen LogP contribution < -0.4 is 5.32 Å². The zero-order chi connectivity index (χ0) is 24.4. The van der Waals surface area contributed by atoms with Gasteiger partial charge in [-0.15, -0.1) is 0 Å². The van der Waals surface area contributed by atoms with Crippen LogP contribution in [0.25, 0.3) is 0 Å². The van der Waals surface area contributed by atoms with Gasteiger partial charge in [-0.1, -0.05) is 63.6 Å². The first-order chi connectivity index (χ1) is 15.5. The standard InChI is InChI=1S/C26H32ClN3O3/c1-17(2)22(29-23(31)19-7-5-6-18(14-19)15-28)24(32)30-13-12-26(33,25(3,4)16-30)20-8-10-21(27)11-9-20/h5-11,14-15,17,22,28,33H,12-13,16H2,1-4H3,(H,29,31)/t22-,26+/m1/s1. The van der Waals surface area contributed by atoms with Crippen molar-refractivity contribution in [1.82, 2.24) is 10.2 Å². The van der Waals surface area contributed by atoms with Crippen molar-refractivity contribution in [3.63, 3.8) is 0 Å². The summed E-state index contributed by atoms with van der Waals surface area (Å²) in [6.45, 7) is 8.43. The first kappa shape index (κ1) is 24.9. The molecule has 1 aliphatic heterocycles. The molecule has 1 aliphatic rings. The summed E-state index contributed by atoms with van der Waals surface area (Å²) in [6, 6.07) is 13.3. The molecular weight excluding hydrogens is 438 g/mol. The molecule has 2 atom stereocenters. The van der Waals surface area contributed by atoms with E-state index in [0.29, 0.717) is 35.7 Å². The molecule has 2 amide bonds. The third-order valence-corrected chi connectivity index (χ3v) is 6.87. The van der Waals surface area contributed by atoms with Crippen molar-refractivity contribution in [2.75, 3.05) is 13.1 Å². The molecule has 0 saturated carbocycles. The molecule has 0 bridgehead atoms. The summed E-state index contributed by atoms with van der Waals surface area (Å²) in [4.78, 5) is 28.1. The van der Waals surface area contributed by atoms with Gasteiger partial charge in [0.15, 0.2) is 0 Å². The summed E-state index contributed by atoms with van der Waals surface area (Å²) >= 11 is 6.02. The zero-order valence-corrected chi connectivity index (χ0v) is 20.3. The number of hydrogen-bond acceptors (Lipinski definition) is 4. The Hall–Kier alpha value is -2.70. The minimum Gasteiger partial charge on any atom is -0.384 e. The van der Waals surface area contributed by atoms with E-state index in [0.717, 1.165) is 5.56 Å². The molecule has 0 radical (unpaired) electrons. The predicted octanol–water partition coefficient (Wildman–Crippen LogP) is 4.24. The van der Waals surface area contributed by atoms with Crippen molar-refractivity contribution in [1.29, 1.82) is 5.41 Å². The Bertz CT molecular complexity index is 1040. The predicted molar refractivity (Wildman–Crippen MR) is 131 cm³/mol. The van der Waals surface area contributed by atoms with Crippen LogP contribution in [-0.2, 0) is 10.4 Å². The molecule has 33 heavy (non-hydrogen) atoms. The van der Waals surface area contributed by atoms with Crippen LogP contribution in [0.1, 0.15) is 55.6 Å². The molecule has 176 valence electrons. The molecule has 2 aromatic rings. The first-order valence-corrected chi connectivity index (χ1v) is 11.5. The Morgan fingerprint density at radius 3 is 2.42 bits per heavy atom. The second kappa shape index (κ2) is 9.65. The first-order valence-electron chi connectivity index (χ1n) is 11.2. The fraction of sp³-hybridized carbons (Fsp3) is 0.423. The largest absolute Gasteiger partial charge is 0.384 e. The Morgan fingerprint density at radius 2 is 1.85 bits per heavy atom. The van der Waals surface area contributed by atoms with E-state index in [2.05, 4.69) is 5.32 Å². The van der Waals surface area contributed by atoms with Crippen LogP contribution in [0.5, 0.6) is 0 Å². The van der Waals surface area contributed by atoms with E-state index in [1.54, 1.807) is 41.3 Å². The molecule has 1 heterocycles. The fourth-order valence-electron chi connectivity index (χ4n) is 4.48. The number of halogens is 1. The molecule has 1 fully saturated rings. The van der Waals surface area contributed by atoms with Gasteiger partial charge in [-0.2, -0.15) is 0 Å². The lowest BCUT2D eigenvalue weighted by atomic mass is 9.66. The number of hydrogen-bond donors (Lipinski definition) is 3. The molecule has 0 aliphatic carbocycles. The zero-order valence-electron chi connectivity index (χ0n) is 19.6. The molecule has 6 nitrogen and oxygen atoms in total. The Kier molecular flexibility index (Phi) is 7.29. The molecule has 0 aromatic heterocycles. The number of nitrogens with one attached hydrogen (secondary N) is 2. The van der Waals surface area contributed by atoms with Crippen LogP contribution >= 0.6 is 11.6 Å².